The van der Waals surface area contributed by atoms with Gasteiger partial charge in [-0.2, -0.15) is 17.9 Å². The molecule has 0 saturated heterocycles. The number of nitrogens with one attached hydrogen (secondary N) is 1. The highest BCUT2D eigenvalue weighted by molar-refractivity contribution is 5.76. The molecule has 8 nitrogen and oxygen atoms in total. The predicted octanol–water partition coefficient (Wildman–Crippen LogP) is 3.55. The van der Waals surface area contributed by atoms with Crippen LogP contribution in [0.1, 0.15) is 23.7 Å². The Morgan fingerprint density at radius 1 is 1.40 bits per heavy atom. The van der Waals surface area contributed by atoms with E-state index in [0.29, 0.717) is 29.9 Å². The third-order valence-corrected chi connectivity index (χ3v) is 3.41. The maximum atomic E-state index is 12.7. The number of nitrogens with zero attached hydrogens (tertiary/aromatic N) is 4. The first-order valence-electron chi connectivity index (χ1n) is 7.11. The average Bonchev–Trinajstić information content (AvgIpc) is 2.89. The van der Waals surface area contributed by atoms with Crippen LogP contribution in [-0.4, -0.2) is 27.8 Å². The summed E-state index contributed by atoms with van der Waals surface area (Å²) in [5.41, 5.74) is -0.715. The Balaban J connectivity index is 2.46. The van der Waals surface area contributed by atoms with Gasteiger partial charge in [0, 0.05) is 18.8 Å². The maximum absolute atomic E-state index is 12.7. The summed E-state index contributed by atoms with van der Waals surface area (Å²) in [5.74, 6) is -0.472. The molecule has 0 unspecified atom stereocenters. The highest BCUT2D eigenvalue weighted by atomic mass is 19.4. The predicted molar refractivity (Wildman–Crippen MR) is 81.0 cm³/mol. The van der Waals surface area contributed by atoms with Crippen LogP contribution in [0, 0.1) is 11.8 Å². The number of amides is 1. The number of pyridine rings is 1. The van der Waals surface area contributed by atoms with Crippen LogP contribution in [0.5, 0.6) is 11.8 Å². The normalized spacial score (nSPS) is 11.3. The zero-order valence-corrected chi connectivity index (χ0v) is 13.5. The van der Waals surface area contributed by atoms with Crippen LogP contribution in [0.25, 0.3) is 0 Å². The van der Waals surface area contributed by atoms with E-state index in [-0.39, 0.29) is 5.88 Å². The van der Waals surface area contributed by atoms with Crippen molar-refractivity contribution >= 4 is 11.7 Å². The van der Waals surface area contributed by atoms with Crippen molar-refractivity contribution in [2.75, 3.05) is 7.05 Å². The van der Waals surface area contributed by atoms with Crippen molar-refractivity contribution in [1.82, 2.24) is 20.1 Å². The third kappa shape index (κ3) is 3.59. The van der Waals surface area contributed by atoms with E-state index in [4.69, 9.17) is 4.74 Å². The molecule has 1 N–H and O–H groups in total. The number of alkyl halides is 3. The molecular formula is C14H14F3N5O3. The minimum Gasteiger partial charge on any atom is -0.416 e. The molecule has 0 aliphatic heterocycles. The molecule has 0 bridgehead atoms. The van der Waals surface area contributed by atoms with Gasteiger partial charge in [0.05, 0.1) is 11.3 Å². The number of carbonyl (C=O) groups excluding carboxylic acids is 1. The highest BCUT2D eigenvalue weighted by Crippen LogP contribution is 2.37. The number of aromatic nitrogens is 3. The molecule has 134 valence electrons. The zero-order chi connectivity index (χ0) is 18.8. The lowest BCUT2D eigenvalue weighted by Gasteiger charge is -2.09. The highest BCUT2D eigenvalue weighted by Gasteiger charge is 2.32. The number of halogens is 3. The van der Waals surface area contributed by atoms with Gasteiger partial charge in [0.2, 0.25) is 5.88 Å². The van der Waals surface area contributed by atoms with Crippen LogP contribution in [0.2, 0.25) is 0 Å². The quantitative estimate of drug-likeness (QED) is 0.844. The fourth-order valence-electron chi connectivity index (χ4n) is 2.13. The van der Waals surface area contributed by atoms with Gasteiger partial charge < -0.3 is 10.1 Å². The van der Waals surface area contributed by atoms with Crippen LogP contribution >= 0.6 is 0 Å². The van der Waals surface area contributed by atoms with Gasteiger partial charge in [-0.3, -0.25) is 0 Å². The second kappa shape index (κ2) is 6.87. The summed E-state index contributed by atoms with van der Waals surface area (Å²) in [6.45, 7) is 3.41. The van der Waals surface area contributed by atoms with E-state index in [0.717, 1.165) is 4.68 Å². The van der Waals surface area contributed by atoms with Crippen LogP contribution in [0.3, 0.4) is 0 Å². The minimum atomic E-state index is -4.67. The number of rotatable bonds is 4. The molecule has 2 aromatic rings. The lowest BCUT2D eigenvalue weighted by atomic mass is 10.2. The molecule has 1 amide bonds. The second-order valence-corrected chi connectivity index (χ2v) is 4.93. The number of ether oxygens (including phenoxy) is 1. The fourth-order valence-corrected chi connectivity index (χ4v) is 2.13. The van der Waals surface area contributed by atoms with Gasteiger partial charge in [-0.1, -0.05) is 6.92 Å². The molecule has 0 spiro atoms. The second-order valence-electron chi connectivity index (χ2n) is 4.93. The summed E-state index contributed by atoms with van der Waals surface area (Å²) in [5, 5.41) is 8.89. The molecule has 0 fully saturated rings. The first-order valence-corrected chi connectivity index (χ1v) is 7.11. The average molecular weight is 357 g/mol. The Morgan fingerprint density at radius 2 is 2.08 bits per heavy atom. The topological polar surface area (TPSA) is 98.5 Å². The molecule has 2 heterocycles. The van der Waals surface area contributed by atoms with E-state index >= 15 is 0 Å². The van der Waals surface area contributed by atoms with E-state index in [2.05, 4.69) is 20.6 Å². The van der Waals surface area contributed by atoms with E-state index < -0.39 is 29.3 Å². The van der Waals surface area contributed by atoms with Gasteiger partial charge in [-0.25, -0.2) is 9.78 Å². The van der Waals surface area contributed by atoms with Crippen molar-refractivity contribution < 1.29 is 22.7 Å². The lowest BCUT2D eigenvalue weighted by molar-refractivity contribution is -0.137. The van der Waals surface area contributed by atoms with Crippen molar-refractivity contribution in [2.45, 2.75) is 26.4 Å². The van der Waals surface area contributed by atoms with E-state index in [1.54, 1.807) is 13.8 Å². The molecule has 0 aliphatic rings. The summed E-state index contributed by atoms with van der Waals surface area (Å²) >= 11 is 0. The van der Waals surface area contributed by atoms with E-state index in [1.807, 2.05) is 0 Å². The molecule has 0 aliphatic carbocycles. The monoisotopic (exact) mass is 357 g/mol. The molecular weight excluding hydrogens is 343 g/mol. The Bertz CT molecular complexity index is 817. The Morgan fingerprint density at radius 3 is 2.60 bits per heavy atom. The van der Waals surface area contributed by atoms with Crippen LogP contribution < -0.4 is 10.1 Å². The Kier molecular flexibility index (Phi) is 5.04. The molecule has 11 heteroatoms. The SMILES string of the molecule is CCc1c(Oc2ncc(C(F)(F)F)cc2N=O)nn(C(=O)NC)c1C. The van der Waals surface area contributed by atoms with E-state index in [1.165, 1.54) is 7.05 Å². The van der Waals surface area contributed by atoms with Crippen LogP contribution in [0.4, 0.5) is 23.7 Å². The van der Waals surface area contributed by atoms with Gasteiger partial charge in [-0.05, 0) is 24.6 Å². The summed E-state index contributed by atoms with van der Waals surface area (Å²) in [4.78, 5) is 26.1. The van der Waals surface area contributed by atoms with Gasteiger partial charge in [0.25, 0.3) is 5.88 Å². The van der Waals surface area contributed by atoms with Gasteiger partial charge >= 0.3 is 12.2 Å². The number of nitroso groups, excluding NO2 is 1. The lowest BCUT2D eigenvalue weighted by Crippen LogP contribution is -2.26. The number of hydrogen-bond acceptors (Lipinski definition) is 6. The van der Waals surface area contributed by atoms with Crippen molar-refractivity contribution in [3.63, 3.8) is 0 Å². The third-order valence-electron chi connectivity index (χ3n) is 3.41. The maximum Gasteiger partial charge on any atom is 0.417 e. The molecule has 2 rings (SSSR count). The van der Waals surface area contributed by atoms with Gasteiger partial charge in [0.15, 0.2) is 5.69 Å². The fraction of sp³-hybridized carbons (Fsp3) is 0.357. The molecule has 0 atom stereocenters. The number of carbonyl (C=O) groups is 1. The minimum absolute atomic E-state index is 0.0410. The zero-order valence-electron chi connectivity index (χ0n) is 13.5. The number of hydrogen-bond donors (Lipinski definition) is 1. The van der Waals surface area contributed by atoms with Crippen molar-refractivity contribution in [1.29, 1.82) is 0 Å². The Hall–Kier alpha value is -2.98. The molecule has 2 aromatic heterocycles. The summed E-state index contributed by atoms with van der Waals surface area (Å²) in [6, 6.07) is 0.0139. The van der Waals surface area contributed by atoms with Crippen molar-refractivity contribution in [3.05, 3.63) is 34.0 Å². The summed E-state index contributed by atoms with van der Waals surface area (Å²) in [7, 11) is 1.42. The largest absolute Gasteiger partial charge is 0.417 e. The molecule has 25 heavy (non-hydrogen) atoms. The first kappa shape index (κ1) is 18.4. The summed E-state index contributed by atoms with van der Waals surface area (Å²) in [6.07, 6.45) is -3.71. The summed E-state index contributed by atoms with van der Waals surface area (Å²) < 4.78 is 44.5. The van der Waals surface area contributed by atoms with Crippen LogP contribution in [-0.2, 0) is 12.6 Å². The molecule has 0 radical (unpaired) electrons. The Labute approximate surface area is 140 Å². The first-order chi connectivity index (χ1) is 11.7. The van der Waals surface area contributed by atoms with Crippen molar-refractivity contribution in [2.24, 2.45) is 5.18 Å². The molecule has 0 aromatic carbocycles. The molecule has 0 saturated carbocycles. The van der Waals surface area contributed by atoms with E-state index in [9.17, 15) is 22.9 Å². The van der Waals surface area contributed by atoms with Gasteiger partial charge in [-0.15, -0.1) is 10.0 Å². The van der Waals surface area contributed by atoms with Crippen LogP contribution in [0.15, 0.2) is 17.4 Å². The standard InChI is InChI=1S/C14H14F3N5O3/c1-4-9-7(2)22(13(23)18-3)20-11(9)25-12-10(21-24)5-8(6-19-12)14(15,16)17/h5-6H,4H2,1-3H3,(H,18,23). The van der Waals surface area contributed by atoms with Crippen molar-refractivity contribution in [3.8, 4) is 11.8 Å². The van der Waals surface area contributed by atoms with Gasteiger partial charge in [0.1, 0.15) is 0 Å². The smallest absolute Gasteiger partial charge is 0.416 e.